The topological polar surface area (TPSA) is 0 Å². The van der Waals surface area contributed by atoms with Crippen LogP contribution >= 0.6 is 50.5 Å². The molecule has 0 bridgehead atoms. The van der Waals surface area contributed by atoms with Gasteiger partial charge in [0.15, 0.2) is 0 Å². The molecule has 0 aliphatic heterocycles. The lowest BCUT2D eigenvalue weighted by molar-refractivity contribution is 1.18. The summed E-state index contributed by atoms with van der Waals surface area (Å²) >= 11 is 17.4. The van der Waals surface area contributed by atoms with E-state index in [1.54, 1.807) is 11.3 Å². The molecule has 0 spiro atoms. The van der Waals surface area contributed by atoms with E-state index < -0.39 is 0 Å². The molecule has 4 heteroatoms. The number of benzene rings is 1. The van der Waals surface area contributed by atoms with Gasteiger partial charge in [-0.3, -0.25) is 0 Å². The number of aryl methyl sites for hydroxylation is 1. The number of thiophene rings is 1. The van der Waals surface area contributed by atoms with Crippen LogP contribution in [0.1, 0.15) is 21.4 Å². The van der Waals surface area contributed by atoms with Gasteiger partial charge in [-0.05, 0) is 36.2 Å². The summed E-state index contributed by atoms with van der Waals surface area (Å²) in [4.78, 5) is 1.09. The van der Waals surface area contributed by atoms with Crippen LogP contribution < -0.4 is 0 Å². The van der Waals surface area contributed by atoms with Gasteiger partial charge in [-0.2, -0.15) is 0 Å². The van der Waals surface area contributed by atoms with E-state index in [1.165, 1.54) is 0 Å². The Kier molecular flexibility index (Phi) is 3.96. The average molecular weight is 336 g/mol. The molecule has 0 aliphatic carbocycles. The predicted molar refractivity (Wildman–Crippen MR) is 75.9 cm³/mol. The second-order valence-corrected chi connectivity index (χ2v) is 6.56. The van der Waals surface area contributed by atoms with Gasteiger partial charge in [0.1, 0.15) is 0 Å². The van der Waals surface area contributed by atoms with Crippen LogP contribution in [0.4, 0.5) is 0 Å². The van der Waals surface area contributed by atoms with Crippen LogP contribution in [-0.2, 0) is 0 Å². The zero-order chi connectivity index (χ0) is 11.7. The molecule has 0 N–H and O–H groups in total. The van der Waals surface area contributed by atoms with E-state index in [9.17, 15) is 0 Å². The van der Waals surface area contributed by atoms with Crippen molar-refractivity contribution in [1.29, 1.82) is 0 Å². The van der Waals surface area contributed by atoms with Crippen LogP contribution in [0.3, 0.4) is 0 Å². The van der Waals surface area contributed by atoms with Crippen LogP contribution in [0.25, 0.3) is 0 Å². The maximum absolute atomic E-state index is 6.42. The van der Waals surface area contributed by atoms with Gasteiger partial charge in [-0.15, -0.1) is 22.9 Å². The minimum Gasteiger partial charge on any atom is -0.126 e. The molecule has 2 aromatic rings. The minimum absolute atomic E-state index is 0.131. The molecule has 0 fully saturated rings. The molecule has 0 saturated carbocycles. The summed E-state index contributed by atoms with van der Waals surface area (Å²) in [6, 6.07) is 10.1. The number of rotatable bonds is 2. The lowest BCUT2D eigenvalue weighted by Gasteiger charge is -2.07. The largest absolute Gasteiger partial charge is 0.126 e. The quantitative estimate of drug-likeness (QED) is 0.608. The summed E-state index contributed by atoms with van der Waals surface area (Å²) in [7, 11) is 0. The second kappa shape index (κ2) is 5.09. The molecular formula is C12H9BrCl2S. The van der Waals surface area contributed by atoms with Gasteiger partial charge in [0.05, 0.1) is 9.71 Å². The predicted octanol–water partition coefficient (Wildman–Crippen LogP) is 5.80. The van der Waals surface area contributed by atoms with Crippen molar-refractivity contribution in [3.63, 3.8) is 0 Å². The van der Waals surface area contributed by atoms with Crippen molar-refractivity contribution in [2.75, 3.05) is 0 Å². The van der Waals surface area contributed by atoms with Crippen molar-refractivity contribution in [3.05, 3.63) is 55.1 Å². The number of halogens is 3. The van der Waals surface area contributed by atoms with Crippen LogP contribution in [0.2, 0.25) is 4.34 Å². The zero-order valence-corrected chi connectivity index (χ0v) is 12.4. The number of hydrogen-bond acceptors (Lipinski definition) is 1. The van der Waals surface area contributed by atoms with Crippen LogP contribution in [-0.4, -0.2) is 0 Å². The highest BCUT2D eigenvalue weighted by Crippen LogP contribution is 2.38. The van der Waals surface area contributed by atoms with Gasteiger partial charge in [-0.1, -0.05) is 39.7 Å². The summed E-state index contributed by atoms with van der Waals surface area (Å²) in [5.41, 5.74) is 2.16. The molecule has 0 nitrogen and oxygen atoms in total. The Labute approximate surface area is 117 Å². The Balaban J connectivity index is 2.35. The van der Waals surface area contributed by atoms with E-state index in [1.807, 2.05) is 37.3 Å². The molecule has 84 valence electrons. The Morgan fingerprint density at radius 3 is 2.62 bits per heavy atom. The highest BCUT2D eigenvalue weighted by molar-refractivity contribution is 9.10. The Morgan fingerprint density at radius 2 is 2.06 bits per heavy atom. The average Bonchev–Trinajstić information content (AvgIpc) is 2.58. The highest BCUT2D eigenvalue weighted by atomic mass is 79.9. The van der Waals surface area contributed by atoms with E-state index >= 15 is 0 Å². The van der Waals surface area contributed by atoms with E-state index in [2.05, 4.69) is 15.9 Å². The van der Waals surface area contributed by atoms with Gasteiger partial charge in [0, 0.05) is 9.35 Å². The lowest BCUT2D eigenvalue weighted by Crippen LogP contribution is -1.89. The zero-order valence-electron chi connectivity index (χ0n) is 8.51. The molecule has 2 rings (SSSR count). The molecule has 1 heterocycles. The van der Waals surface area contributed by atoms with Crippen molar-refractivity contribution in [3.8, 4) is 0 Å². The monoisotopic (exact) mass is 334 g/mol. The summed E-state index contributed by atoms with van der Waals surface area (Å²) in [5, 5.41) is -0.131. The van der Waals surface area contributed by atoms with Gasteiger partial charge in [-0.25, -0.2) is 0 Å². The van der Waals surface area contributed by atoms with Crippen molar-refractivity contribution in [1.82, 2.24) is 0 Å². The first kappa shape index (κ1) is 12.4. The van der Waals surface area contributed by atoms with Gasteiger partial charge in [0.2, 0.25) is 0 Å². The SMILES string of the molecule is Cc1cc(C(Cl)c2cccc(Br)c2)sc1Cl. The molecule has 1 atom stereocenters. The normalized spacial score (nSPS) is 12.8. The van der Waals surface area contributed by atoms with E-state index in [4.69, 9.17) is 23.2 Å². The first-order valence-electron chi connectivity index (χ1n) is 4.73. The fourth-order valence-corrected chi connectivity index (χ4v) is 3.41. The molecule has 16 heavy (non-hydrogen) atoms. The molecule has 0 amide bonds. The van der Waals surface area contributed by atoms with Gasteiger partial charge >= 0.3 is 0 Å². The van der Waals surface area contributed by atoms with E-state index in [0.717, 1.165) is 24.8 Å². The Hall–Kier alpha value is -0.0200. The van der Waals surface area contributed by atoms with E-state index in [0.29, 0.717) is 0 Å². The first-order valence-corrected chi connectivity index (χ1v) is 7.15. The fraction of sp³-hybridized carbons (Fsp3) is 0.167. The second-order valence-electron chi connectivity index (χ2n) is 3.52. The Morgan fingerprint density at radius 1 is 1.31 bits per heavy atom. The molecule has 0 aliphatic rings. The van der Waals surface area contributed by atoms with Crippen LogP contribution in [0.15, 0.2) is 34.8 Å². The summed E-state index contributed by atoms with van der Waals surface area (Å²) in [6.07, 6.45) is 0. The van der Waals surface area contributed by atoms with Gasteiger partial charge in [0.25, 0.3) is 0 Å². The molecule has 1 aromatic carbocycles. The van der Waals surface area contributed by atoms with Gasteiger partial charge < -0.3 is 0 Å². The first-order chi connectivity index (χ1) is 7.58. The minimum atomic E-state index is -0.131. The summed E-state index contributed by atoms with van der Waals surface area (Å²) in [5.74, 6) is 0. The maximum Gasteiger partial charge on any atom is 0.0960 e. The standard InChI is InChI=1S/C12H9BrCl2S/c1-7-5-10(16-12(7)15)11(14)8-3-2-4-9(13)6-8/h2-6,11H,1H3. The smallest absolute Gasteiger partial charge is 0.0960 e. The van der Waals surface area contributed by atoms with Crippen molar-refractivity contribution in [2.45, 2.75) is 12.3 Å². The van der Waals surface area contributed by atoms with Crippen molar-refractivity contribution >= 4 is 50.5 Å². The third-order valence-corrected chi connectivity index (χ3v) is 5.00. The highest BCUT2D eigenvalue weighted by Gasteiger charge is 2.14. The maximum atomic E-state index is 6.42. The lowest BCUT2D eigenvalue weighted by atomic mass is 10.1. The van der Waals surface area contributed by atoms with Crippen molar-refractivity contribution in [2.24, 2.45) is 0 Å². The molecule has 1 aromatic heterocycles. The molecule has 0 radical (unpaired) electrons. The number of hydrogen-bond donors (Lipinski definition) is 0. The van der Waals surface area contributed by atoms with E-state index in [-0.39, 0.29) is 5.38 Å². The molecule has 0 saturated heterocycles. The summed E-state index contributed by atoms with van der Waals surface area (Å²) in [6.45, 7) is 1.99. The Bertz CT molecular complexity index is 488. The van der Waals surface area contributed by atoms with Crippen molar-refractivity contribution < 1.29 is 0 Å². The third-order valence-electron chi connectivity index (χ3n) is 2.27. The van der Waals surface area contributed by atoms with Crippen LogP contribution in [0, 0.1) is 6.92 Å². The fourth-order valence-electron chi connectivity index (χ4n) is 1.44. The molecule has 1 unspecified atom stereocenters. The van der Waals surface area contributed by atoms with Crippen LogP contribution in [0.5, 0.6) is 0 Å². The number of alkyl halides is 1. The molecular weight excluding hydrogens is 327 g/mol. The summed E-state index contributed by atoms with van der Waals surface area (Å²) < 4.78 is 1.85. The third kappa shape index (κ3) is 2.62.